The van der Waals surface area contributed by atoms with E-state index in [1.54, 1.807) is 24.3 Å². The van der Waals surface area contributed by atoms with E-state index in [9.17, 15) is 18.0 Å². The van der Waals surface area contributed by atoms with Crippen LogP contribution in [0.25, 0.3) is 16.8 Å². The van der Waals surface area contributed by atoms with E-state index in [2.05, 4.69) is 36.4 Å². The normalized spacial score (nSPS) is 13.6. The first-order valence-corrected chi connectivity index (χ1v) is 12.7. The molecule has 3 aromatic carbocycles. The van der Waals surface area contributed by atoms with Gasteiger partial charge in [-0.15, -0.1) is 0 Å². The van der Waals surface area contributed by atoms with Gasteiger partial charge < -0.3 is 15.0 Å². The van der Waals surface area contributed by atoms with Gasteiger partial charge in [-0.05, 0) is 59.5 Å². The number of nitrogens with one attached hydrogen (secondary N) is 1. The summed E-state index contributed by atoms with van der Waals surface area (Å²) in [6, 6.07) is 22.4. The molecule has 4 aromatic rings. The fourth-order valence-electron chi connectivity index (χ4n) is 4.84. The van der Waals surface area contributed by atoms with Crippen LogP contribution in [0.1, 0.15) is 41.2 Å². The Labute approximate surface area is 225 Å². The van der Waals surface area contributed by atoms with Crippen LogP contribution in [0.2, 0.25) is 0 Å². The summed E-state index contributed by atoms with van der Waals surface area (Å²) in [7, 11) is 1.50. The number of carbonyl (C=O) groups excluding carboxylic acids is 1. The van der Waals surface area contributed by atoms with E-state index in [4.69, 9.17) is 4.74 Å². The molecule has 1 amide bonds. The van der Waals surface area contributed by atoms with Crippen molar-refractivity contribution in [3.63, 3.8) is 0 Å². The predicted octanol–water partition coefficient (Wildman–Crippen LogP) is 6.27. The zero-order valence-corrected chi connectivity index (χ0v) is 21.9. The molecule has 2 heterocycles. The highest BCUT2D eigenvalue weighted by atomic mass is 19.4. The zero-order valence-electron chi connectivity index (χ0n) is 21.9. The van der Waals surface area contributed by atoms with E-state index < -0.39 is 17.8 Å². The first-order chi connectivity index (χ1) is 18.7. The number of aromatic nitrogens is 2. The number of hydrogen-bond acceptors (Lipinski definition) is 4. The molecule has 9 heteroatoms. The third-order valence-electron chi connectivity index (χ3n) is 6.81. The third-order valence-corrected chi connectivity index (χ3v) is 6.81. The summed E-state index contributed by atoms with van der Waals surface area (Å²) in [5.41, 5.74) is 3.01. The van der Waals surface area contributed by atoms with E-state index in [-0.39, 0.29) is 24.2 Å². The molecular formula is C30H29F3N4O2. The predicted molar refractivity (Wildman–Crippen MR) is 144 cm³/mol. The van der Waals surface area contributed by atoms with Crippen molar-refractivity contribution in [3.05, 3.63) is 95.3 Å². The second-order valence-electron chi connectivity index (χ2n) is 9.73. The lowest BCUT2D eigenvalue weighted by atomic mass is 9.98. The summed E-state index contributed by atoms with van der Waals surface area (Å²) < 4.78 is 47.9. The average Bonchev–Trinajstić information content (AvgIpc) is 3.34. The Morgan fingerprint density at radius 3 is 2.28 bits per heavy atom. The maximum atomic E-state index is 13.9. The molecule has 5 rings (SSSR count). The van der Waals surface area contributed by atoms with Gasteiger partial charge in [-0.3, -0.25) is 4.79 Å². The Morgan fingerprint density at radius 2 is 1.64 bits per heavy atom. The SMILES string of the molecule is COc1ccc(-n2nc(C(F)(F)F)c3c2C(=O)N(c2ccc(-c4ccccc4CNC(C)C)cc2)CC3)cc1. The van der Waals surface area contributed by atoms with E-state index >= 15 is 0 Å². The molecular weight excluding hydrogens is 505 g/mol. The van der Waals surface area contributed by atoms with Gasteiger partial charge in [0.2, 0.25) is 0 Å². The smallest absolute Gasteiger partial charge is 0.435 e. The first-order valence-electron chi connectivity index (χ1n) is 12.7. The Kier molecular flexibility index (Phi) is 7.18. The summed E-state index contributed by atoms with van der Waals surface area (Å²) >= 11 is 0. The standard InChI is InChI=1S/C30H29F3N4O2/c1-19(2)34-18-21-6-4-5-7-25(21)20-8-10-22(11-9-20)36-17-16-26-27(29(36)38)37(35-28(26)30(31,32)33)23-12-14-24(39-3)15-13-23/h4-15,19,34H,16-18H2,1-3H3. The van der Waals surface area contributed by atoms with Crippen LogP contribution in [-0.4, -0.2) is 35.4 Å². The Morgan fingerprint density at radius 1 is 0.974 bits per heavy atom. The highest BCUT2D eigenvalue weighted by molar-refractivity contribution is 6.07. The summed E-state index contributed by atoms with van der Waals surface area (Å²) in [6.07, 6.45) is -4.64. The fraction of sp³-hybridized carbons (Fsp3) is 0.267. The molecule has 1 aromatic heterocycles. The molecule has 0 saturated carbocycles. The minimum atomic E-state index is -4.68. The molecule has 1 N–H and O–H groups in total. The molecule has 0 radical (unpaired) electrons. The van der Waals surface area contributed by atoms with Crippen LogP contribution in [-0.2, 0) is 19.1 Å². The Bertz CT molecular complexity index is 1480. The van der Waals surface area contributed by atoms with Gasteiger partial charge in [0, 0.05) is 30.4 Å². The number of benzene rings is 3. The van der Waals surface area contributed by atoms with Crippen LogP contribution >= 0.6 is 0 Å². The van der Waals surface area contributed by atoms with Crippen LogP contribution in [0.15, 0.2) is 72.8 Å². The average molecular weight is 535 g/mol. The molecule has 39 heavy (non-hydrogen) atoms. The van der Waals surface area contributed by atoms with Gasteiger partial charge in [0.25, 0.3) is 5.91 Å². The van der Waals surface area contributed by atoms with Crippen molar-refractivity contribution in [3.8, 4) is 22.6 Å². The van der Waals surface area contributed by atoms with Gasteiger partial charge in [-0.2, -0.15) is 18.3 Å². The second-order valence-corrected chi connectivity index (χ2v) is 9.73. The number of methoxy groups -OCH3 is 1. The number of fused-ring (bicyclic) bond motifs is 1. The van der Waals surface area contributed by atoms with Gasteiger partial charge >= 0.3 is 6.18 Å². The van der Waals surface area contributed by atoms with Gasteiger partial charge in [0.05, 0.1) is 12.8 Å². The largest absolute Gasteiger partial charge is 0.497 e. The minimum absolute atomic E-state index is 0.0392. The van der Waals surface area contributed by atoms with E-state index in [1.807, 2.05) is 36.4 Å². The molecule has 0 aliphatic carbocycles. The highest BCUT2D eigenvalue weighted by Gasteiger charge is 2.43. The van der Waals surface area contributed by atoms with Crippen LogP contribution in [0.5, 0.6) is 5.75 Å². The van der Waals surface area contributed by atoms with Crippen LogP contribution in [0.4, 0.5) is 18.9 Å². The zero-order chi connectivity index (χ0) is 27.7. The molecule has 0 unspecified atom stereocenters. The quantitative estimate of drug-likeness (QED) is 0.304. The number of hydrogen-bond donors (Lipinski definition) is 1. The molecule has 0 spiro atoms. The lowest BCUT2D eigenvalue weighted by Crippen LogP contribution is -2.39. The van der Waals surface area contributed by atoms with Gasteiger partial charge in [0.1, 0.15) is 11.4 Å². The Balaban J connectivity index is 1.49. The van der Waals surface area contributed by atoms with E-state index in [0.717, 1.165) is 27.9 Å². The number of halogens is 3. The van der Waals surface area contributed by atoms with Crippen molar-refractivity contribution in [2.75, 3.05) is 18.6 Å². The molecule has 6 nitrogen and oxygen atoms in total. The number of amides is 1. The monoisotopic (exact) mass is 534 g/mol. The van der Waals surface area contributed by atoms with Gasteiger partial charge in [0.15, 0.2) is 5.69 Å². The fourth-order valence-corrected chi connectivity index (χ4v) is 4.84. The highest BCUT2D eigenvalue weighted by Crippen LogP contribution is 2.37. The topological polar surface area (TPSA) is 59.4 Å². The Hall–Kier alpha value is -4.11. The number of anilines is 1. The lowest BCUT2D eigenvalue weighted by Gasteiger charge is -2.28. The summed E-state index contributed by atoms with van der Waals surface area (Å²) in [5, 5.41) is 7.30. The molecule has 202 valence electrons. The number of ether oxygens (including phenoxy) is 1. The minimum Gasteiger partial charge on any atom is -0.497 e. The first kappa shape index (κ1) is 26.5. The van der Waals surface area contributed by atoms with Crippen molar-refractivity contribution in [2.24, 2.45) is 0 Å². The molecule has 0 saturated heterocycles. The van der Waals surface area contributed by atoms with Gasteiger partial charge in [-0.25, -0.2) is 4.68 Å². The molecule has 0 atom stereocenters. The lowest BCUT2D eigenvalue weighted by molar-refractivity contribution is -0.141. The van der Waals surface area contributed by atoms with Crippen molar-refractivity contribution < 1.29 is 22.7 Å². The number of nitrogens with zero attached hydrogens (tertiary/aromatic N) is 3. The summed E-state index contributed by atoms with van der Waals surface area (Å²) in [4.78, 5) is 15.2. The van der Waals surface area contributed by atoms with Crippen LogP contribution in [0, 0.1) is 0 Å². The van der Waals surface area contributed by atoms with Crippen molar-refractivity contribution in [1.82, 2.24) is 15.1 Å². The molecule has 1 aliphatic rings. The molecule has 0 fully saturated rings. The van der Waals surface area contributed by atoms with Crippen LogP contribution < -0.4 is 15.0 Å². The third kappa shape index (κ3) is 5.27. The van der Waals surface area contributed by atoms with E-state index in [1.165, 1.54) is 12.0 Å². The number of carbonyl (C=O) groups is 1. The summed E-state index contributed by atoms with van der Waals surface area (Å²) in [5.74, 6) is 0.0229. The summed E-state index contributed by atoms with van der Waals surface area (Å²) in [6.45, 7) is 5.03. The van der Waals surface area contributed by atoms with Crippen LogP contribution in [0.3, 0.4) is 0 Å². The molecule has 1 aliphatic heterocycles. The maximum Gasteiger partial charge on any atom is 0.435 e. The number of alkyl halides is 3. The van der Waals surface area contributed by atoms with E-state index in [0.29, 0.717) is 23.2 Å². The van der Waals surface area contributed by atoms with Crippen molar-refractivity contribution in [2.45, 2.75) is 39.0 Å². The van der Waals surface area contributed by atoms with Crippen molar-refractivity contribution in [1.29, 1.82) is 0 Å². The van der Waals surface area contributed by atoms with Gasteiger partial charge in [-0.1, -0.05) is 50.2 Å². The number of rotatable bonds is 7. The maximum absolute atomic E-state index is 13.9. The molecule has 0 bridgehead atoms. The van der Waals surface area contributed by atoms with Crippen molar-refractivity contribution >= 4 is 11.6 Å². The second kappa shape index (κ2) is 10.6.